The van der Waals surface area contributed by atoms with E-state index >= 15 is 0 Å². The summed E-state index contributed by atoms with van der Waals surface area (Å²) < 4.78 is 0. The largest absolute Gasteiger partial charge is 0.399 e. The molecule has 0 aliphatic carbocycles. The number of fused-ring (bicyclic) bond motifs is 1. The topological polar surface area (TPSA) is 58.4 Å². The minimum atomic E-state index is -0.0602. The van der Waals surface area contributed by atoms with Crippen molar-refractivity contribution in [2.24, 2.45) is 0 Å². The maximum absolute atomic E-state index is 12.3. The molecule has 0 fully saturated rings. The van der Waals surface area contributed by atoms with Crippen LogP contribution in [0.4, 0.5) is 11.4 Å². The van der Waals surface area contributed by atoms with Gasteiger partial charge < -0.3 is 16.0 Å². The molecule has 2 aromatic rings. The second-order valence-corrected chi connectivity index (χ2v) is 6.21. The van der Waals surface area contributed by atoms with E-state index in [1.807, 2.05) is 19.1 Å². The number of nitrogens with zero attached hydrogens (tertiary/aromatic N) is 1. The first-order chi connectivity index (χ1) is 11.1. The number of aryl methyl sites for hydroxylation is 1. The van der Waals surface area contributed by atoms with Crippen molar-refractivity contribution in [3.05, 3.63) is 59.2 Å². The molecule has 3 N–H and O–H groups in total. The smallest absolute Gasteiger partial charge is 0.251 e. The average Bonchev–Trinajstić information content (AvgIpc) is 2.85. The second-order valence-electron chi connectivity index (χ2n) is 6.21. The van der Waals surface area contributed by atoms with E-state index in [1.165, 1.54) is 11.3 Å². The predicted octanol–water partition coefficient (Wildman–Crippen LogP) is 3.60. The fourth-order valence-corrected chi connectivity index (χ4v) is 3.24. The van der Waals surface area contributed by atoms with Crippen LogP contribution in [0.3, 0.4) is 0 Å². The first kappa shape index (κ1) is 21.1. The lowest BCUT2D eigenvalue weighted by Crippen LogP contribution is -2.38. The number of hydrogen-bond acceptors (Lipinski definition) is 3. The summed E-state index contributed by atoms with van der Waals surface area (Å²) in [5, 5.41) is 3.01. The van der Waals surface area contributed by atoms with E-state index in [-0.39, 0.29) is 30.7 Å². The third-order valence-electron chi connectivity index (χ3n) is 4.49. The molecule has 0 saturated heterocycles. The SMILES string of the molecule is Cc1ccc(N)cc1C(=O)NCCN1c2ccccc2CC1C.Cl.Cl. The number of nitrogens with one attached hydrogen (secondary N) is 1. The maximum atomic E-state index is 12.3. The van der Waals surface area contributed by atoms with Crippen molar-refractivity contribution in [2.75, 3.05) is 23.7 Å². The van der Waals surface area contributed by atoms with E-state index in [9.17, 15) is 4.79 Å². The van der Waals surface area contributed by atoms with Gasteiger partial charge in [0.15, 0.2) is 0 Å². The normalized spacial score (nSPS) is 15.0. The summed E-state index contributed by atoms with van der Waals surface area (Å²) in [7, 11) is 0. The summed E-state index contributed by atoms with van der Waals surface area (Å²) in [6.45, 7) is 5.58. The number of halogens is 2. The average molecular weight is 382 g/mol. The number of anilines is 2. The van der Waals surface area contributed by atoms with Gasteiger partial charge >= 0.3 is 0 Å². The van der Waals surface area contributed by atoms with E-state index < -0.39 is 0 Å². The Labute approximate surface area is 161 Å². The van der Waals surface area contributed by atoms with E-state index in [0.29, 0.717) is 23.8 Å². The number of para-hydroxylation sites is 1. The summed E-state index contributed by atoms with van der Waals surface area (Å²) in [6.07, 6.45) is 1.07. The van der Waals surface area contributed by atoms with Gasteiger partial charge in [-0.15, -0.1) is 24.8 Å². The molecule has 0 bridgehead atoms. The van der Waals surface area contributed by atoms with Crippen LogP contribution < -0.4 is 16.0 Å². The zero-order valence-electron chi connectivity index (χ0n) is 14.5. The van der Waals surface area contributed by atoms with Crippen LogP contribution in [0.2, 0.25) is 0 Å². The Balaban J connectivity index is 0.00000156. The molecule has 0 radical (unpaired) electrons. The Morgan fingerprint density at radius 3 is 2.72 bits per heavy atom. The number of nitrogen functional groups attached to an aromatic ring is 1. The summed E-state index contributed by atoms with van der Waals surface area (Å²) in [4.78, 5) is 14.7. The van der Waals surface area contributed by atoms with Gasteiger partial charge in [-0.05, 0) is 49.6 Å². The van der Waals surface area contributed by atoms with E-state index in [0.717, 1.165) is 18.5 Å². The minimum absolute atomic E-state index is 0. The molecule has 0 saturated carbocycles. The van der Waals surface area contributed by atoms with Crippen molar-refractivity contribution >= 4 is 42.1 Å². The van der Waals surface area contributed by atoms with Gasteiger partial charge in [-0.2, -0.15) is 0 Å². The Kier molecular flexibility index (Phi) is 7.59. The van der Waals surface area contributed by atoms with E-state index in [1.54, 1.807) is 6.07 Å². The molecule has 1 aliphatic heterocycles. The predicted molar refractivity (Wildman–Crippen MR) is 109 cm³/mol. The highest BCUT2D eigenvalue weighted by Crippen LogP contribution is 2.31. The van der Waals surface area contributed by atoms with Crippen molar-refractivity contribution in [3.63, 3.8) is 0 Å². The number of carbonyl (C=O) groups excluding carboxylic acids is 1. The van der Waals surface area contributed by atoms with Crippen molar-refractivity contribution in [1.29, 1.82) is 0 Å². The molecule has 6 heteroatoms. The number of rotatable bonds is 4. The van der Waals surface area contributed by atoms with Crippen LogP contribution in [0.1, 0.15) is 28.4 Å². The molecule has 2 aromatic carbocycles. The molecule has 1 unspecified atom stereocenters. The number of amides is 1. The summed E-state index contributed by atoms with van der Waals surface area (Å²) in [6, 6.07) is 14.4. The second kappa shape index (κ2) is 8.97. The molecule has 1 atom stereocenters. The first-order valence-electron chi connectivity index (χ1n) is 8.05. The van der Waals surface area contributed by atoms with Gasteiger partial charge in [0.25, 0.3) is 5.91 Å². The Bertz CT molecular complexity index is 736. The van der Waals surface area contributed by atoms with Crippen molar-refractivity contribution < 1.29 is 4.79 Å². The van der Waals surface area contributed by atoms with Gasteiger partial charge in [0.2, 0.25) is 0 Å². The zero-order chi connectivity index (χ0) is 16.4. The van der Waals surface area contributed by atoms with Gasteiger partial charge in [-0.1, -0.05) is 24.3 Å². The lowest BCUT2D eigenvalue weighted by Gasteiger charge is -2.25. The van der Waals surface area contributed by atoms with Gasteiger partial charge in [-0.3, -0.25) is 4.79 Å². The molecule has 1 heterocycles. The molecular weight excluding hydrogens is 357 g/mol. The van der Waals surface area contributed by atoms with Crippen LogP contribution in [0.5, 0.6) is 0 Å². The van der Waals surface area contributed by atoms with Gasteiger partial charge in [0.05, 0.1) is 0 Å². The summed E-state index contributed by atoms with van der Waals surface area (Å²) >= 11 is 0. The quantitative estimate of drug-likeness (QED) is 0.795. The Hall–Kier alpha value is -1.91. The third kappa shape index (κ3) is 4.59. The van der Waals surface area contributed by atoms with Crippen LogP contribution >= 0.6 is 24.8 Å². The summed E-state index contributed by atoms with van der Waals surface area (Å²) in [5.74, 6) is -0.0602. The third-order valence-corrected chi connectivity index (χ3v) is 4.49. The van der Waals surface area contributed by atoms with Crippen LogP contribution in [0.15, 0.2) is 42.5 Å². The number of nitrogens with two attached hydrogens (primary N) is 1. The fourth-order valence-electron chi connectivity index (χ4n) is 3.24. The highest BCUT2D eigenvalue weighted by Gasteiger charge is 2.24. The van der Waals surface area contributed by atoms with Crippen molar-refractivity contribution in [2.45, 2.75) is 26.3 Å². The molecule has 1 amide bonds. The molecular formula is C19H25Cl2N3O. The molecule has 0 spiro atoms. The highest BCUT2D eigenvalue weighted by atomic mass is 35.5. The standard InChI is InChI=1S/C19H23N3O.2ClH/c1-13-7-8-16(20)12-17(13)19(23)21-9-10-22-14(2)11-15-5-3-4-6-18(15)22;;/h3-8,12,14H,9-11,20H2,1-2H3,(H,21,23);2*1H. The Morgan fingerprint density at radius 1 is 1.24 bits per heavy atom. The molecule has 3 rings (SSSR count). The van der Waals surface area contributed by atoms with Crippen molar-refractivity contribution in [1.82, 2.24) is 5.32 Å². The van der Waals surface area contributed by atoms with Crippen molar-refractivity contribution in [3.8, 4) is 0 Å². The van der Waals surface area contributed by atoms with Crippen LogP contribution in [0.25, 0.3) is 0 Å². The minimum Gasteiger partial charge on any atom is -0.399 e. The Morgan fingerprint density at radius 2 is 1.96 bits per heavy atom. The molecule has 4 nitrogen and oxygen atoms in total. The lowest BCUT2D eigenvalue weighted by molar-refractivity contribution is 0.0954. The number of benzene rings is 2. The summed E-state index contributed by atoms with van der Waals surface area (Å²) in [5.41, 5.74) is 10.7. The highest BCUT2D eigenvalue weighted by molar-refractivity contribution is 5.96. The number of carbonyl (C=O) groups is 1. The molecule has 0 aromatic heterocycles. The van der Waals surface area contributed by atoms with Gasteiger partial charge in [0.1, 0.15) is 0 Å². The zero-order valence-corrected chi connectivity index (χ0v) is 16.1. The fraction of sp³-hybridized carbons (Fsp3) is 0.316. The monoisotopic (exact) mass is 381 g/mol. The molecule has 1 aliphatic rings. The first-order valence-corrected chi connectivity index (χ1v) is 8.05. The van der Waals surface area contributed by atoms with Crippen LogP contribution in [-0.2, 0) is 6.42 Å². The van der Waals surface area contributed by atoms with E-state index in [2.05, 4.69) is 41.4 Å². The van der Waals surface area contributed by atoms with Crippen LogP contribution in [0, 0.1) is 6.92 Å². The molecule has 25 heavy (non-hydrogen) atoms. The van der Waals surface area contributed by atoms with Crippen LogP contribution in [-0.4, -0.2) is 25.0 Å². The maximum Gasteiger partial charge on any atom is 0.251 e. The number of hydrogen-bond donors (Lipinski definition) is 2. The molecule has 136 valence electrons. The van der Waals surface area contributed by atoms with Gasteiger partial charge in [0, 0.05) is 36.1 Å². The van der Waals surface area contributed by atoms with E-state index in [4.69, 9.17) is 5.73 Å². The lowest BCUT2D eigenvalue weighted by atomic mass is 10.1. The van der Waals surface area contributed by atoms with Gasteiger partial charge in [-0.25, -0.2) is 0 Å².